The van der Waals surface area contributed by atoms with Crippen molar-refractivity contribution in [2.75, 3.05) is 18.0 Å². The van der Waals surface area contributed by atoms with Crippen LogP contribution in [0.25, 0.3) is 0 Å². The zero-order valence-corrected chi connectivity index (χ0v) is 15.2. The lowest BCUT2D eigenvalue weighted by Crippen LogP contribution is -2.44. The quantitative estimate of drug-likeness (QED) is 0.843. The van der Waals surface area contributed by atoms with Crippen LogP contribution in [0, 0.1) is 6.92 Å². The molecule has 0 saturated heterocycles. The van der Waals surface area contributed by atoms with Crippen LogP contribution in [-0.4, -0.2) is 29.8 Å². The van der Waals surface area contributed by atoms with Gasteiger partial charge in [-0.1, -0.05) is 41.9 Å². The Morgan fingerprint density at radius 2 is 1.84 bits per heavy atom. The molecule has 1 aliphatic heterocycles. The van der Waals surface area contributed by atoms with Crippen molar-refractivity contribution in [3.05, 3.63) is 64.2 Å². The van der Waals surface area contributed by atoms with Gasteiger partial charge in [-0.3, -0.25) is 9.59 Å². The van der Waals surface area contributed by atoms with E-state index in [0.29, 0.717) is 23.8 Å². The molecular weight excluding hydrogens is 336 g/mol. The molecule has 4 nitrogen and oxygen atoms in total. The smallest absolute Gasteiger partial charge is 0.242 e. The normalized spacial score (nSPS) is 13.3. The standard InChI is InChI=1S/C20H21ClN2O2/c1-14-18(21)8-5-9-19(14)23(15(2)24)13-20(25)22-11-10-16-6-3-4-7-17(16)12-22/h3-9H,10-13H2,1-2H3. The molecule has 0 bridgehead atoms. The van der Waals surface area contributed by atoms with Crippen LogP contribution >= 0.6 is 11.6 Å². The molecule has 5 heteroatoms. The Morgan fingerprint density at radius 3 is 2.56 bits per heavy atom. The first-order valence-electron chi connectivity index (χ1n) is 8.35. The molecule has 0 fully saturated rings. The first kappa shape index (κ1) is 17.5. The molecule has 2 aromatic carbocycles. The second-order valence-corrected chi connectivity index (χ2v) is 6.73. The van der Waals surface area contributed by atoms with E-state index in [1.807, 2.05) is 30.0 Å². The summed E-state index contributed by atoms with van der Waals surface area (Å²) in [6.45, 7) is 4.62. The van der Waals surface area contributed by atoms with Crippen molar-refractivity contribution in [3.8, 4) is 0 Å². The van der Waals surface area contributed by atoms with Gasteiger partial charge in [0, 0.05) is 30.7 Å². The van der Waals surface area contributed by atoms with E-state index in [2.05, 4.69) is 12.1 Å². The lowest BCUT2D eigenvalue weighted by molar-refractivity contribution is -0.132. The first-order chi connectivity index (χ1) is 12.0. The van der Waals surface area contributed by atoms with Crippen LogP contribution in [0.15, 0.2) is 42.5 Å². The molecule has 130 valence electrons. The molecule has 2 aromatic rings. The Bertz CT molecular complexity index is 819. The summed E-state index contributed by atoms with van der Waals surface area (Å²) in [5, 5.41) is 0.586. The van der Waals surface area contributed by atoms with Gasteiger partial charge in [-0.05, 0) is 42.2 Å². The number of amides is 2. The SMILES string of the molecule is CC(=O)N(CC(=O)N1CCc2ccccc2C1)c1cccc(Cl)c1C. The van der Waals surface area contributed by atoms with E-state index in [4.69, 9.17) is 11.6 Å². The van der Waals surface area contributed by atoms with E-state index in [1.165, 1.54) is 23.0 Å². The highest BCUT2D eigenvalue weighted by atomic mass is 35.5. The van der Waals surface area contributed by atoms with Crippen molar-refractivity contribution < 1.29 is 9.59 Å². The van der Waals surface area contributed by atoms with E-state index in [1.54, 1.807) is 12.1 Å². The summed E-state index contributed by atoms with van der Waals surface area (Å²) in [7, 11) is 0. The van der Waals surface area contributed by atoms with Gasteiger partial charge in [-0.15, -0.1) is 0 Å². The first-order valence-corrected chi connectivity index (χ1v) is 8.73. The van der Waals surface area contributed by atoms with Crippen molar-refractivity contribution in [2.45, 2.75) is 26.8 Å². The Labute approximate surface area is 153 Å². The van der Waals surface area contributed by atoms with Crippen molar-refractivity contribution in [2.24, 2.45) is 0 Å². The molecule has 0 aromatic heterocycles. The molecule has 0 N–H and O–H groups in total. The maximum atomic E-state index is 12.8. The number of anilines is 1. The molecule has 0 atom stereocenters. The number of rotatable bonds is 3. The minimum Gasteiger partial charge on any atom is -0.336 e. The maximum absolute atomic E-state index is 12.8. The summed E-state index contributed by atoms with van der Waals surface area (Å²) in [5.74, 6) is -0.222. The van der Waals surface area contributed by atoms with Gasteiger partial charge in [0.1, 0.15) is 6.54 Å². The molecule has 2 amide bonds. The van der Waals surface area contributed by atoms with Crippen LogP contribution in [0.3, 0.4) is 0 Å². The third kappa shape index (κ3) is 3.69. The van der Waals surface area contributed by atoms with Gasteiger partial charge in [0.15, 0.2) is 0 Å². The Kier molecular flexibility index (Phi) is 5.09. The molecule has 0 spiro atoms. The fraction of sp³-hybridized carbons (Fsp3) is 0.300. The zero-order chi connectivity index (χ0) is 18.0. The van der Waals surface area contributed by atoms with E-state index < -0.39 is 0 Å². The second kappa shape index (κ2) is 7.28. The van der Waals surface area contributed by atoms with Gasteiger partial charge < -0.3 is 9.80 Å². The predicted molar refractivity (Wildman–Crippen MR) is 99.8 cm³/mol. The minimum atomic E-state index is -0.170. The van der Waals surface area contributed by atoms with Crippen molar-refractivity contribution >= 4 is 29.1 Å². The third-order valence-corrected chi connectivity index (χ3v) is 5.10. The van der Waals surface area contributed by atoms with E-state index in [9.17, 15) is 9.59 Å². The van der Waals surface area contributed by atoms with Crippen LogP contribution in [0.1, 0.15) is 23.6 Å². The van der Waals surface area contributed by atoms with Crippen molar-refractivity contribution in [1.29, 1.82) is 0 Å². The van der Waals surface area contributed by atoms with Crippen molar-refractivity contribution in [3.63, 3.8) is 0 Å². The molecule has 1 heterocycles. The molecule has 0 radical (unpaired) electrons. The average Bonchev–Trinajstić information content (AvgIpc) is 2.61. The number of carbonyl (C=O) groups is 2. The topological polar surface area (TPSA) is 40.6 Å². The summed E-state index contributed by atoms with van der Waals surface area (Å²) < 4.78 is 0. The minimum absolute atomic E-state index is 0.0265. The van der Waals surface area contributed by atoms with E-state index >= 15 is 0 Å². The van der Waals surface area contributed by atoms with Gasteiger partial charge in [0.25, 0.3) is 0 Å². The lowest BCUT2D eigenvalue weighted by Gasteiger charge is -2.31. The molecule has 1 aliphatic rings. The number of carbonyl (C=O) groups excluding carboxylic acids is 2. The highest BCUT2D eigenvalue weighted by Gasteiger charge is 2.24. The predicted octanol–water partition coefficient (Wildman–Crippen LogP) is 3.59. The van der Waals surface area contributed by atoms with Crippen LogP contribution < -0.4 is 4.90 Å². The van der Waals surface area contributed by atoms with Gasteiger partial charge in [0.05, 0.1) is 0 Å². The third-order valence-electron chi connectivity index (χ3n) is 4.69. The van der Waals surface area contributed by atoms with Crippen LogP contribution in [0.4, 0.5) is 5.69 Å². The van der Waals surface area contributed by atoms with Gasteiger partial charge in [-0.2, -0.15) is 0 Å². The Morgan fingerprint density at radius 1 is 1.12 bits per heavy atom. The largest absolute Gasteiger partial charge is 0.336 e. The maximum Gasteiger partial charge on any atom is 0.242 e. The summed E-state index contributed by atoms with van der Waals surface area (Å²) in [6.07, 6.45) is 0.845. The number of nitrogens with zero attached hydrogens (tertiary/aromatic N) is 2. The van der Waals surface area contributed by atoms with Crippen LogP contribution in [-0.2, 0) is 22.6 Å². The molecular formula is C20H21ClN2O2. The number of benzene rings is 2. The highest BCUT2D eigenvalue weighted by molar-refractivity contribution is 6.31. The fourth-order valence-electron chi connectivity index (χ4n) is 3.20. The molecule has 0 unspecified atom stereocenters. The number of hydrogen-bond acceptors (Lipinski definition) is 2. The Balaban J connectivity index is 1.78. The van der Waals surface area contributed by atoms with E-state index in [0.717, 1.165) is 12.0 Å². The number of fused-ring (bicyclic) bond motifs is 1. The highest BCUT2D eigenvalue weighted by Crippen LogP contribution is 2.27. The summed E-state index contributed by atoms with van der Waals surface area (Å²) in [4.78, 5) is 28.2. The fourth-order valence-corrected chi connectivity index (χ4v) is 3.37. The lowest BCUT2D eigenvalue weighted by atomic mass is 10.00. The van der Waals surface area contributed by atoms with Crippen LogP contribution in [0.2, 0.25) is 5.02 Å². The molecule has 0 saturated carbocycles. The zero-order valence-electron chi connectivity index (χ0n) is 14.5. The van der Waals surface area contributed by atoms with Gasteiger partial charge in [-0.25, -0.2) is 0 Å². The second-order valence-electron chi connectivity index (χ2n) is 6.32. The summed E-state index contributed by atoms with van der Waals surface area (Å²) >= 11 is 6.17. The van der Waals surface area contributed by atoms with Gasteiger partial charge >= 0.3 is 0 Å². The van der Waals surface area contributed by atoms with Gasteiger partial charge in [0.2, 0.25) is 11.8 Å². The molecule has 3 rings (SSSR count). The average molecular weight is 357 g/mol. The van der Waals surface area contributed by atoms with E-state index in [-0.39, 0.29) is 18.4 Å². The number of hydrogen-bond donors (Lipinski definition) is 0. The number of halogens is 1. The molecule has 0 aliphatic carbocycles. The summed E-state index contributed by atoms with van der Waals surface area (Å²) in [5.41, 5.74) is 3.96. The monoisotopic (exact) mass is 356 g/mol. The van der Waals surface area contributed by atoms with Crippen molar-refractivity contribution in [1.82, 2.24) is 4.90 Å². The van der Waals surface area contributed by atoms with Crippen LogP contribution in [0.5, 0.6) is 0 Å². The molecule has 25 heavy (non-hydrogen) atoms. The Hall–Kier alpha value is -2.33. The summed E-state index contributed by atoms with van der Waals surface area (Å²) in [6, 6.07) is 13.6.